The molecule has 4 rings (SSSR count). The van der Waals surface area contributed by atoms with E-state index in [9.17, 15) is 4.79 Å². The zero-order valence-corrected chi connectivity index (χ0v) is 13.4. The van der Waals surface area contributed by atoms with E-state index in [1.807, 2.05) is 60.7 Å². The average molecular weight is 332 g/mol. The Bertz CT molecular complexity index is 1040. The molecule has 0 spiro atoms. The highest BCUT2D eigenvalue weighted by atomic mass is 16.1. The molecule has 7 heteroatoms. The van der Waals surface area contributed by atoms with Crippen molar-refractivity contribution >= 4 is 22.5 Å². The summed E-state index contributed by atoms with van der Waals surface area (Å²) in [7, 11) is 0. The van der Waals surface area contributed by atoms with Gasteiger partial charge in [-0.3, -0.25) is 4.79 Å². The van der Waals surface area contributed by atoms with Gasteiger partial charge in [-0.2, -0.15) is 5.10 Å². The van der Waals surface area contributed by atoms with E-state index in [1.165, 1.54) is 5.56 Å². The maximum Gasteiger partial charge on any atom is 0.292 e. The van der Waals surface area contributed by atoms with Crippen LogP contribution in [0.1, 0.15) is 5.56 Å². The largest absolute Gasteiger partial charge is 0.337 e. The van der Waals surface area contributed by atoms with Crippen LogP contribution in [0.4, 0.5) is 11.5 Å². The van der Waals surface area contributed by atoms with E-state index in [2.05, 4.69) is 25.8 Å². The van der Waals surface area contributed by atoms with Crippen LogP contribution in [-0.4, -0.2) is 25.2 Å². The van der Waals surface area contributed by atoms with Crippen molar-refractivity contribution in [3.8, 4) is 0 Å². The lowest BCUT2D eigenvalue weighted by molar-refractivity contribution is 0.604. The Morgan fingerprint density at radius 3 is 2.48 bits per heavy atom. The number of benzene rings is 2. The second-order valence-corrected chi connectivity index (χ2v) is 5.64. The molecule has 0 unspecified atom stereocenters. The molecular formula is C18H16N6O. The molecule has 0 aliphatic rings. The lowest BCUT2D eigenvalue weighted by atomic mass is 10.1. The van der Waals surface area contributed by atoms with Crippen LogP contribution in [0.5, 0.6) is 0 Å². The third-order valence-electron chi connectivity index (χ3n) is 3.94. The maximum absolute atomic E-state index is 12.2. The molecule has 124 valence electrons. The Balaban J connectivity index is 1.66. The second kappa shape index (κ2) is 6.56. The summed E-state index contributed by atoms with van der Waals surface area (Å²) >= 11 is 0. The number of H-pyrrole nitrogens is 1. The van der Waals surface area contributed by atoms with Gasteiger partial charge < -0.3 is 5.32 Å². The van der Waals surface area contributed by atoms with Gasteiger partial charge in [0.1, 0.15) is 0 Å². The number of fused-ring (bicyclic) bond motifs is 1. The molecule has 25 heavy (non-hydrogen) atoms. The van der Waals surface area contributed by atoms with Crippen LogP contribution in [0.15, 0.2) is 65.5 Å². The number of anilines is 2. The van der Waals surface area contributed by atoms with E-state index in [0.29, 0.717) is 23.4 Å². The molecule has 0 saturated carbocycles. The predicted molar refractivity (Wildman–Crippen MR) is 95.8 cm³/mol. The third-order valence-corrected chi connectivity index (χ3v) is 3.94. The quantitative estimate of drug-likeness (QED) is 0.586. The van der Waals surface area contributed by atoms with Crippen LogP contribution in [0, 0.1) is 0 Å². The van der Waals surface area contributed by atoms with Crippen LogP contribution >= 0.6 is 0 Å². The topological polar surface area (TPSA) is 88.5 Å². The number of hydrogen-bond acceptors (Lipinski definition) is 5. The smallest absolute Gasteiger partial charge is 0.292 e. The zero-order valence-electron chi connectivity index (χ0n) is 13.4. The monoisotopic (exact) mass is 332 g/mol. The predicted octanol–water partition coefficient (Wildman–Crippen LogP) is 2.50. The minimum Gasteiger partial charge on any atom is -0.337 e. The van der Waals surface area contributed by atoms with Gasteiger partial charge in [-0.1, -0.05) is 53.7 Å². The number of nitrogens with one attached hydrogen (secondary N) is 2. The minimum atomic E-state index is -0.299. The van der Waals surface area contributed by atoms with Crippen molar-refractivity contribution in [3.05, 3.63) is 76.6 Å². The van der Waals surface area contributed by atoms with E-state index in [0.717, 1.165) is 12.1 Å². The van der Waals surface area contributed by atoms with Gasteiger partial charge in [0.2, 0.25) is 0 Å². The molecule has 2 N–H and O–H groups in total. The van der Waals surface area contributed by atoms with Crippen molar-refractivity contribution in [3.63, 3.8) is 0 Å². The van der Waals surface area contributed by atoms with Crippen molar-refractivity contribution in [2.75, 3.05) is 5.32 Å². The Hall–Kier alpha value is -3.48. The molecule has 0 fully saturated rings. The zero-order chi connectivity index (χ0) is 17.1. The molecule has 0 aliphatic carbocycles. The van der Waals surface area contributed by atoms with Gasteiger partial charge in [0, 0.05) is 12.2 Å². The van der Waals surface area contributed by atoms with Crippen molar-refractivity contribution in [1.82, 2.24) is 25.2 Å². The van der Waals surface area contributed by atoms with Crippen LogP contribution in [0.2, 0.25) is 0 Å². The van der Waals surface area contributed by atoms with Gasteiger partial charge in [-0.05, 0) is 24.1 Å². The summed E-state index contributed by atoms with van der Waals surface area (Å²) in [6, 6.07) is 19.7. The van der Waals surface area contributed by atoms with Crippen molar-refractivity contribution in [2.45, 2.75) is 13.0 Å². The molecule has 0 saturated heterocycles. The lowest BCUT2D eigenvalue weighted by Gasteiger charge is -2.05. The van der Waals surface area contributed by atoms with Gasteiger partial charge in [0.05, 0.1) is 0 Å². The highest BCUT2D eigenvalue weighted by Crippen LogP contribution is 2.19. The van der Waals surface area contributed by atoms with Gasteiger partial charge in [0.15, 0.2) is 16.9 Å². The molecule has 7 nitrogen and oxygen atoms in total. The molecular weight excluding hydrogens is 316 g/mol. The first kappa shape index (κ1) is 15.1. The Morgan fingerprint density at radius 2 is 1.72 bits per heavy atom. The molecule has 4 aromatic rings. The molecule has 0 atom stereocenters. The molecule has 0 bridgehead atoms. The van der Waals surface area contributed by atoms with Gasteiger partial charge in [-0.15, -0.1) is 5.10 Å². The van der Waals surface area contributed by atoms with Crippen molar-refractivity contribution < 1.29 is 0 Å². The van der Waals surface area contributed by atoms with Crippen LogP contribution in [0.25, 0.3) is 11.0 Å². The normalized spacial score (nSPS) is 10.9. The molecule has 2 aromatic heterocycles. The number of rotatable bonds is 5. The first-order valence-corrected chi connectivity index (χ1v) is 7.99. The number of aromatic nitrogens is 5. The summed E-state index contributed by atoms with van der Waals surface area (Å²) in [5, 5.41) is 18.0. The fraction of sp³-hybridized carbons (Fsp3) is 0.111. The summed E-state index contributed by atoms with van der Waals surface area (Å²) in [5.41, 5.74) is 2.62. The van der Waals surface area contributed by atoms with Crippen LogP contribution in [-0.2, 0) is 13.0 Å². The highest BCUT2D eigenvalue weighted by Gasteiger charge is 2.14. The van der Waals surface area contributed by atoms with Crippen LogP contribution < -0.4 is 10.9 Å². The van der Waals surface area contributed by atoms with Crippen molar-refractivity contribution in [2.24, 2.45) is 0 Å². The Labute approximate surface area is 143 Å². The third kappa shape index (κ3) is 3.12. The van der Waals surface area contributed by atoms with Gasteiger partial charge in [0.25, 0.3) is 5.56 Å². The fourth-order valence-corrected chi connectivity index (χ4v) is 2.69. The van der Waals surface area contributed by atoms with Gasteiger partial charge >= 0.3 is 0 Å². The highest BCUT2D eigenvalue weighted by molar-refractivity contribution is 5.86. The SMILES string of the molecule is O=c1[nH]nc(Nc2ccccc2)c2nnn(CCc3ccccc3)c12. The Morgan fingerprint density at radius 1 is 1.00 bits per heavy atom. The van der Waals surface area contributed by atoms with E-state index in [1.54, 1.807) is 4.68 Å². The standard InChI is InChI=1S/C18H16N6O/c25-18-16-15(17(21-22-18)19-14-9-5-2-6-10-14)20-23-24(16)12-11-13-7-3-1-4-8-13/h1-10H,11-12H2,(H,19,21)(H,22,25). The summed E-state index contributed by atoms with van der Waals surface area (Å²) < 4.78 is 1.62. The molecule has 0 radical (unpaired) electrons. The number of aromatic amines is 1. The Kier molecular flexibility index (Phi) is 3.96. The second-order valence-electron chi connectivity index (χ2n) is 5.64. The lowest BCUT2D eigenvalue weighted by Crippen LogP contribution is -2.15. The summed E-state index contributed by atoms with van der Waals surface area (Å²) in [6.07, 6.45) is 0.766. The fourth-order valence-electron chi connectivity index (χ4n) is 2.69. The summed E-state index contributed by atoms with van der Waals surface area (Å²) in [5.74, 6) is 0.478. The maximum atomic E-state index is 12.2. The van der Waals surface area contributed by atoms with Crippen molar-refractivity contribution in [1.29, 1.82) is 0 Å². The number of aryl methyl sites for hydroxylation is 2. The van der Waals surface area contributed by atoms with E-state index >= 15 is 0 Å². The van der Waals surface area contributed by atoms with E-state index < -0.39 is 0 Å². The first-order chi connectivity index (χ1) is 12.3. The number of para-hydroxylation sites is 1. The molecule has 2 aromatic carbocycles. The van der Waals surface area contributed by atoms with Crippen LogP contribution in [0.3, 0.4) is 0 Å². The van der Waals surface area contributed by atoms with E-state index in [-0.39, 0.29) is 5.56 Å². The average Bonchev–Trinajstić information content (AvgIpc) is 3.09. The molecule has 2 heterocycles. The van der Waals surface area contributed by atoms with E-state index in [4.69, 9.17) is 0 Å². The minimum absolute atomic E-state index is 0.299. The molecule has 0 aliphatic heterocycles. The number of hydrogen-bond donors (Lipinski definition) is 2. The summed E-state index contributed by atoms with van der Waals surface area (Å²) in [6.45, 7) is 0.568. The first-order valence-electron chi connectivity index (χ1n) is 7.99. The van der Waals surface area contributed by atoms with Gasteiger partial charge in [-0.25, -0.2) is 9.78 Å². The molecule has 0 amide bonds. The number of nitrogens with zero attached hydrogens (tertiary/aromatic N) is 4. The summed E-state index contributed by atoms with van der Waals surface area (Å²) in [4.78, 5) is 12.2.